The first-order valence-corrected chi connectivity index (χ1v) is 7.74. The van der Waals surface area contributed by atoms with Gasteiger partial charge in [0.05, 0.1) is 6.04 Å². The van der Waals surface area contributed by atoms with Gasteiger partial charge in [-0.25, -0.2) is 4.98 Å². The largest absolute Gasteiger partial charge is 0.328 e. The summed E-state index contributed by atoms with van der Waals surface area (Å²) < 4.78 is 0. The summed E-state index contributed by atoms with van der Waals surface area (Å²) in [6.07, 6.45) is 0. The van der Waals surface area contributed by atoms with Crippen molar-refractivity contribution in [2.45, 2.75) is 13.0 Å². The van der Waals surface area contributed by atoms with Gasteiger partial charge in [-0.3, -0.25) is 4.79 Å². The molecule has 1 amide bonds. The van der Waals surface area contributed by atoms with Crippen LogP contribution in [0.25, 0.3) is 0 Å². The van der Waals surface area contributed by atoms with Gasteiger partial charge >= 0.3 is 0 Å². The first kappa shape index (κ1) is 20.7. The third-order valence-corrected chi connectivity index (χ3v) is 4.08. The highest BCUT2D eigenvalue weighted by atomic mass is 35.5. The molecule has 1 atom stereocenters. The van der Waals surface area contributed by atoms with Crippen molar-refractivity contribution in [2.75, 3.05) is 19.6 Å². The van der Waals surface area contributed by atoms with Gasteiger partial charge in [0, 0.05) is 30.4 Å². The second-order valence-electron chi connectivity index (χ2n) is 5.44. The molecule has 0 spiro atoms. The molecule has 24 heavy (non-hydrogen) atoms. The van der Waals surface area contributed by atoms with E-state index >= 15 is 0 Å². The number of nitrogens with one attached hydrogen (secondary N) is 1. The highest BCUT2D eigenvalue weighted by Gasteiger charge is 2.29. The zero-order chi connectivity index (χ0) is 15.5. The number of amides is 1. The van der Waals surface area contributed by atoms with Crippen molar-refractivity contribution in [3.8, 4) is 0 Å². The van der Waals surface area contributed by atoms with E-state index < -0.39 is 0 Å². The van der Waals surface area contributed by atoms with Crippen LogP contribution in [0.5, 0.6) is 0 Å². The van der Waals surface area contributed by atoms with Gasteiger partial charge in [-0.05, 0) is 36.8 Å². The Morgan fingerprint density at radius 3 is 2.71 bits per heavy atom. The van der Waals surface area contributed by atoms with Gasteiger partial charge in [-0.15, -0.1) is 24.8 Å². The van der Waals surface area contributed by atoms with Crippen LogP contribution in [0, 0.1) is 6.92 Å². The Bertz CT molecular complexity index is 696. The standard InChI is InChI=1S/C17H18ClN3O.2ClH/c1-12-4-2-7-15(20-12)17(22)21-9-8-19-11-16(21)13-5-3-6-14(18)10-13;;/h2-7,10,16,19H,8-9,11H2,1H3;2*1H. The lowest BCUT2D eigenvalue weighted by Gasteiger charge is -2.36. The molecular weight excluding hydrogens is 369 g/mol. The number of hydrogen-bond donors (Lipinski definition) is 1. The summed E-state index contributed by atoms with van der Waals surface area (Å²) in [6.45, 7) is 4.06. The van der Waals surface area contributed by atoms with E-state index in [1.807, 2.05) is 48.2 Å². The molecule has 1 unspecified atom stereocenters. The van der Waals surface area contributed by atoms with Crippen molar-refractivity contribution in [1.82, 2.24) is 15.2 Å². The first-order chi connectivity index (χ1) is 10.6. The predicted molar refractivity (Wildman–Crippen MR) is 102 cm³/mol. The SMILES string of the molecule is Cc1cccc(C(=O)N2CCNCC2c2cccc(Cl)c2)n1.Cl.Cl. The summed E-state index contributed by atoms with van der Waals surface area (Å²) in [5.41, 5.74) is 2.38. The van der Waals surface area contributed by atoms with E-state index in [2.05, 4.69) is 10.3 Å². The third-order valence-electron chi connectivity index (χ3n) is 3.85. The molecule has 1 fully saturated rings. The lowest BCUT2D eigenvalue weighted by Crippen LogP contribution is -2.48. The Labute approximate surface area is 159 Å². The van der Waals surface area contributed by atoms with Gasteiger partial charge in [0.15, 0.2) is 0 Å². The fourth-order valence-corrected chi connectivity index (χ4v) is 2.97. The number of piperazine rings is 1. The Morgan fingerprint density at radius 2 is 2.00 bits per heavy atom. The average Bonchev–Trinajstić information content (AvgIpc) is 2.54. The quantitative estimate of drug-likeness (QED) is 0.853. The molecule has 2 heterocycles. The van der Waals surface area contributed by atoms with Gasteiger partial charge in [0.2, 0.25) is 0 Å². The Kier molecular flexibility index (Phi) is 7.97. The Morgan fingerprint density at radius 1 is 1.25 bits per heavy atom. The van der Waals surface area contributed by atoms with Crippen LogP contribution in [-0.4, -0.2) is 35.4 Å². The van der Waals surface area contributed by atoms with Gasteiger partial charge < -0.3 is 10.2 Å². The summed E-state index contributed by atoms with van der Waals surface area (Å²) in [6, 6.07) is 13.2. The molecule has 0 aliphatic carbocycles. The smallest absolute Gasteiger partial charge is 0.273 e. The van der Waals surface area contributed by atoms with E-state index in [0.717, 1.165) is 24.3 Å². The molecule has 1 aromatic carbocycles. The van der Waals surface area contributed by atoms with Gasteiger partial charge in [0.1, 0.15) is 5.69 Å². The van der Waals surface area contributed by atoms with Crippen molar-refractivity contribution < 1.29 is 4.79 Å². The number of aryl methyl sites for hydroxylation is 1. The van der Waals surface area contributed by atoms with Crippen molar-refractivity contribution in [2.24, 2.45) is 0 Å². The Hall–Kier alpha value is -1.33. The molecule has 1 aliphatic heterocycles. The first-order valence-electron chi connectivity index (χ1n) is 7.36. The highest BCUT2D eigenvalue weighted by Crippen LogP contribution is 2.25. The minimum absolute atomic E-state index is 0. The van der Waals surface area contributed by atoms with E-state index in [9.17, 15) is 4.79 Å². The maximum absolute atomic E-state index is 12.8. The van der Waals surface area contributed by atoms with Crippen molar-refractivity contribution in [3.05, 3.63) is 64.4 Å². The second kappa shape index (κ2) is 9.23. The number of benzene rings is 1. The number of carbonyl (C=O) groups excluding carboxylic acids is 1. The van der Waals surface area contributed by atoms with E-state index in [0.29, 0.717) is 17.3 Å². The topological polar surface area (TPSA) is 45.2 Å². The van der Waals surface area contributed by atoms with Crippen LogP contribution in [0.15, 0.2) is 42.5 Å². The second-order valence-corrected chi connectivity index (χ2v) is 5.87. The van der Waals surface area contributed by atoms with Gasteiger partial charge in [-0.2, -0.15) is 0 Å². The summed E-state index contributed by atoms with van der Waals surface area (Å²) in [5.74, 6) is -0.0322. The molecule has 0 radical (unpaired) electrons. The van der Waals surface area contributed by atoms with E-state index in [-0.39, 0.29) is 36.8 Å². The highest BCUT2D eigenvalue weighted by molar-refractivity contribution is 6.30. The van der Waals surface area contributed by atoms with Gasteiger partial charge in [-0.1, -0.05) is 29.8 Å². The van der Waals surface area contributed by atoms with E-state index in [1.165, 1.54) is 0 Å². The van der Waals surface area contributed by atoms with Crippen LogP contribution in [0.3, 0.4) is 0 Å². The van der Waals surface area contributed by atoms with Crippen LogP contribution < -0.4 is 5.32 Å². The monoisotopic (exact) mass is 387 g/mol. The van der Waals surface area contributed by atoms with Crippen molar-refractivity contribution >= 4 is 42.3 Å². The van der Waals surface area contributed by atoms with E-state index in [1.54, 1.807) is 6.07 Å². The third kappa shape index (κ3) is 4.61. The summed E-state index contributed by atoms with van der Waals surface area (Å²) in [7, 11) is 0. The molecule has 130 valence electrons. The number of rotatable bonds is 2. The number of pyridine rings is 1. The van der Waals surface area contributed by atoms with Crippen molar-refractivity contribution in [3.63, 3.8) is 0 Å². The molecule has 0 saturated carbocycles. The lowest BCUT2D eigenvalue weighted by molar-refractivity contribution is 0.0628. The van der Waals surface area contributed by atoms with Crippen LogP contribution in [0.2, 0.25) is 5.02 Å². The van der Waals surface area contributed by atoms with Crippen LogP contribution in [0.4, 0.5) is 0 Å². The minimum Gasteiger partial charge on any atom is -0.328 e. The normalized spacial score (nSPS) is 16.8. The minimum atomic E-state index is -0.0322. The lowest BCUT2D eigenvalue weighted by atomic mass is 10.0. The summed E-state index contributed by atoms with van der Waals surface area (Å²) in [4.78, 5) is 19.1. The van der Waals surface area contributed by atoms with Crippen LogP contribution in [-0.2, 0) is 0 Å². The molecule has 1 aliphatic rings. The maximum Gasteiger partial charge on any atom is 0.273 e. The zero-order valence-corrected chi connectivity index (χ0v) is 15.6. The van der Waals surface area contributed by atoms with E-state index in [4.69, 9.17) is 11.6 Å². The number of nitrogens with zero attached hydrogens (tertiary/aromatic N) is 2. The molecular formula is C17H20Cl3N3O. The maximum atomic E-state index is 12.8. The zero-order valence-electron chi connectivity index (χ0n) is 13.2. The van der Waals surface area contributed by atoms with Crippen molar-refractivity contribution in [1.29, 1.82) is 0 Å². The number of halogens is 3. The fraction of sp³-hybridized carbons (Fsp3) is 0.294. The van der Waals surface area contributed by atoms with Crippen LogP contribution in [0.1, 0.15) is 27.8 Å². The predicted octanol–water partition coefficient (Wildman–Crippen LogP) is 3.67. The van der Waals surface area contributed by atoms with Crippen LogP contribution >= 0.6 is 36.4 Å². The molecule has 4 nitrogen and oxygen atoms in total. The number of carbonyl (C=O) groups is 1. The fourth-order valence-electron chi connectivity index (χ4n) is 2.77. The number of aromatic nitrogens is 1. The molecule has 1 aromatic heterocycles. The molecule has 1 saturated heterocycles. The summed E-state index contributed by atoms with van der Waals surface area (Å²) in [5, 5.41) is 4.03. The molecule has 2 aromatic rings. The Balaban J connectivity index is 0.00000144. The summed E-state index contributed by atoms with van der Waals surface area (Å²) >= 11 is 6.09. The van der Waals surface area contributed by atoms with Gasteiger partial charge in [0.25, 0.3) is 5.91 Å². The molecule has 7 heteroatoms. The number of hydrogen-bond acceptors (Lipinski definition) is 3. The molecule has 0 bridgehead atoms. The average molecular weight is 389 g/mol. The molecule has 3 rings (SSSR count). The molecule has 1 N–H and O–H groups in total.